The molecule has 0 saturated carbocycles. The second-order valence-corrected chi connectivity index (χ2v) is 6.13. The van der Waals surface area contributed by atoms with Crippen LogP contribution in [0, 0.1) is 0 Å². The predicted octanol–water partition coefficient (Wildman–Crippen LogP) is 2.64. The number of ether oxygens (including phenoxy) is 1. The second kappa shape index (κ2) is 7.90. The van der Waals surface area contributed by atoms with Crippen molar-refractivity contribution >= 4 is 28.6 Å². The van der Waals surface area contributed by atoms with E-state index in [1.807, 2.05) is 31.2 Å². The smallest absolute Gasteiger partial charge is 0.337 e. The van der Waals surface area contributed by atoms with Crippen LogP contribution in [0.2, 0.25) is 0 Å². The molecule has 0 aliphatic heterocycles. The SMILES string of the molecule is CCCn1c(=O)n(CC(=O)Nc2ccc(C(=O)OC)cc2)c2ccccc21. The van der Waals surface area contributed by atoms with Gasteiger partial charge in [0.25, 0.3) is 0 Å². The van der Waals surface area contributed by atoms with E-state index in [2.05, 4.69) is 10.1 Å². The fourth-order valence-corrected chi connectivity index (χ4v) is 3.02. The number of nitrogens with zero attached hydrogens (tertiary/aromatic N) is 2. The molecule has 0 bridgehead atoms. The minimum atomic E-state index is -0.442. The van der Waals surface area contributed by atoms with Crippen molar-refractivity contribution in [2.24, 2.45) is 0 Å². The van der Waals surface area contributed by atoms with Crippen molar-refractivity contribution in [3.8, 4) is 0 Å². The van der Waals surface area contributed by atoms with E-state index in [1.54, 1.807) is 28.8 Å². The van der Waals surface area contributed by atoms with Crippen molar-refractivity contribution in [3.05, 3.63) is 64.6 Å². The van der Waals surface area contributed by atoms with Crippen molar-refractivity contribution in [2.45, 2.75) is 26.4 Å². The molecule has 140 valence electrons. The maximum absolute atomic E-state index is 12.7. The summed E-state index contributed by atoms with van der Waals surface area (Å²) < 4.78 is 7.81. The van der Waals surface area contributed by atoms with Gasteiger partial charge >= 0.3 is 11.7 Å². The molecule has 1 heterocycles. The number of methoxy groups -OCH3 is 1. The van der Waals surface area contributed by atoms with Gasteiger partial charge < -0.3 is 10.1 Å². The van der Waals surface area contributed by atoms with E-state index in [-0.39, 0.29) is 18.1 Å². The Balaban J connectivity index is 1.81. The lowest BCUT2D eigenvalue weighted by Crippen LogP contribution is -2.29. The van der Waals surface area contributed by atoms with Crippen LogP contribution in [0.25, 0.3) is 11.0 Å². The molecule has 0 saturated heterocycles. The summed E-state index contributed by atoms with van der Waals surface area (Å²) >= 11 is 0. The fraction of sp³-hybridized carbons (Fsp3) is 0.250. The van der Waals surface area contributed by atoms with Crippen LogP contribution in [-0.2, 0) is 22.6 Å². The molecule has 3 rings (SSSR count). The van der Waals surface area contributed by atoms with Crippen LogP contribution in [0.15, 0.2) is 53.3 Å². The number of aryl methyl sites for hydroxylation is 1. The third-order valence-electron chi connectivity index (χ3n) is 4.26. The molecule has 0 fully saturated rings. The highest BCUT2D eigenvalue weighted by Gasteiger charge is 2.15. The molecule has 0 spiro atoms. The average molecular weight is 367 g/mol. The molecule has 1 aromatic heterocycles. The number of fused-ring (bicyclic) bond motifs is 1. The van der Waals surface area contributed by atoms with Crippen molar-refractivity contribution in [3.63, 3.8) is 0 Å². The van der Waals surface area contributed by atoms with Gasteiger partial charge in [-0.2, -0.15) is 0 Å². The highest BCUT2D eigenvalue weighted by Crippen LogP contribution is 2.14. The Labute approximate surface area is 156 Å². The van der Waals surface area contributed by atoms with Crippen LogP contribution in [-0.4, -0.2) is 28.1 Å². The van der Waals surface area contributed by atoms with E-state index in [4.69, 9.17) is 0 Å². The van der Waals surface area contributed by atoms with Gasteiger partial charge in [0.1, 0.15) is 6.54 Å². The Bertz CT molecular complexity index is 1030. The topological polar surface area (TPSA) is 82.3 Å². The van der Waals surface area contributed by atoms with Crippen LogP contribution in [0.1, 0.15) is 23.7 Å². The minimum absolute atomic E-state index is 0.0885. The first-order valence-electron chi connectivity index (χ1n) is 8.71. The van der Waals surface area contributed by atoms with Crippen molar-refractivity contribution < 1.29 is 14.3 Å². The Kier molecular flexibility index (Phi) is 5.40. The molecule has 0 unspecified atom stereocenters. The minimum Gasteiger partial charge on any atom is -0.465 e. The zero-order valence-corrected chi connectivity index (χ0v) is 15.3. The number of carbonyl (C=O) groups is 2. The van der Waals surface area contributed by atoms with Gasteiger partial charge in [-0.3, -0.25) is 13.9 Å². The monoisotopic (exact) mass is 367 g/mol. The van der Waals surface area contributed by atoms with E-state index >= 15 is 0 Å². The van der Waals surface area contributed by atoms with Crippen LogP contribution in [0.3, 0.4) is 0 Å². The first kappa shape index (κ1) is 18.4. The fourth-order valence-electron chi connectivity index (χ4n) is 3.02. The largest absolute Gasteiger partial charge is 0.465 e. The van der Waals surface area contributed by atoms with Gasteiger partial charge in [-0.25, -0.2) is 9.59 Å². The lowest BCUT2D eigenvalue weighted by molar-refractivity contribution is -0.116. The van der Waals surface area contributed by atoms with E-state index in [0.29, 0.717) is 17.8 Å². The van der Waals surface area contributed by atoms with Crippen LogP contribution < -0.4 is 11.0 Å². The van der Waals surface area contributed by atoms with E-state index in [0.717, 1.165) is 17.5 Å². The summed E-state index contributed by atoms with van der Waals surface area (Å²) in [7, 11) is 1.31. The maximum Gasteiger partial charge on any atom is 0.337 e. The van der Waals surface area contributed by atoms with Crippen LogP contribution in [0.5, 0.6) is 0 Å². The second-order valence-electron chi connectivity index (χ2n) is 6.13. The van der Waals surface area contributed by atoms with Gasteiger partial charge in [-0.1, -0.05) is 19.1 Å². The molecule has 0 atom stereocenters. The first-order valence-corrected chi connectivity index (χ1v) is 8.71. The molecule has 3 aromatic rings. The van der Waals surface area contributed by atoms with Crippen molar-refractivity contribution in [1.82, 2.24) is 9.13 Å². The number of rotatable bonds is 6. The zero-order valence-electron chi connectivity index (χ0n) is 15.3. The Morgan fingerprint density at radius 1 is 1.00 bits per heavy atom. The summed E-state index contributed by atoms with van der Waals surface area (Å²) in [4.78, 5) is 36.6. The zero-order chi connectivity index (χ0) is 19.4. The molecule has 2 aromatic carbocycles. The van der Waals surface area contributed by atoms with Gasteiger partial charge in [0.2, 0.25) is 5.91 Å². The number of esters is 1. The first-order chi connectivity index (χ1) is 13.0. The number of anilines is 1. The van der Waals surface area contributed by atoms with Gasteiger partial charge in [0, 0.05) is 12.2 Å². The molecule has 1 amide bonds. The molecule has 27 heavy (non-hydrogen) atoms. The standard InChI is InChI=1S/C20H21N3O4/c1-3-12-22-16-6-4-5-7-17(16)23(20(22)26)13-18(24)21-15-10-8-14(9-11-15)19(25)27-2/h4-11H,3,12-13H2,1-2H3,(H,21,24). The number of hydrogen-bond donors (Lipinski definition) is 1. The van der Waals surface area contributed by atoms with Crippen molar-refractivity contribution in [1.29, 1.82) is 0 Å². The summed E-state index contributed by atoms with van der Waals surface area (Å²) in [5, 5.41) is 2.75. The molecule has 0 aliphatic rings. The van der Waals surface area contributed by atoms with E-state index < -0.39 is 5.97 Å². The van der Waals surface area contributed by atoms with Gasteiger partial charge in [0.05, 0.1) is 23.7 Å². The summed E-state index contributed by atoms with van der Waals surface area (Å²) in [6.45, 7) is 2.51. The Hall–Kier alpha value is -3.35. The maximum atomic E-state index is 12.7. The Morgan fingerprint density at radius 3 is 2.22 bits per heavy atom. The number of amides is 1. The molecule has 7 nitrogen and oxygen atoms in total. The van der Waals surface area contributed by atoms with Gasteiger partial charge in [-0.15, -0.1) is 0 Å². The highest BCUT2D eigenvalue weighted by molar-refractivity contribution is 5.93. The number of aromatic nitrogens is 2. The average Bonchev–Trinajstić information content (AvgIpc) is 2.94. The lowest BCUT2D eigenvalue weighted by Gasteiger charge is -2.07. The third-order valence-corrected chi connectivity index (χ3v) is 4.26. The highest BCUT2D eigenvalue weighted by atomic mass is 16.5. The van der Waals surface area contributed by atoms with Crippen molar-refractivity contribution in [2.75, 3.05) is 12.4 Å². The predicted molar refractivity (Wildman–Crippen MR) is 103 cm³/mol. The number of para-hydroxylation sites is 2. The summed E-state index contributed by atoms with van der Waals surface area (Å²) in [5.41, 5.74) is 2.29. The number of carbonyl (C=O) groups excluding carboxylic acids is 2. The van der Waals surface area contributed by atoms with E-state index in [9.17, 15) is 14.4 Å². The number of benzene rings is 2. The van der Waals surface area contributed by atoms with E-state index in [1.165, 1.54) is 11.7 Å². The molecular weight excluding hydrogens is 346 g/mol. The molecular formula is C20H21N3O4. The van der Waals surface area contributed by atoms with Crippen LogP contribution >= 0.6 is 0 Å². The Morgan fingerprint density at radius 2 is 1.63 bits per heavy atom. The van der Waals surface area contributed by atoms with Crippen LogP contribution in [0.4, 0.5) is 5.69 Å². The summed E-state index contributed by atoms with van der Waals surface area (Å²) in [6, 6.07) is 13.8. The molecule has 0 aliphatic carbocycles. The normalized spacial score (nSPS) is 10.7. The summed E-state index contributed by atoms with van der Waals surface area (Å²) in [6.07, 6.45) is 0.826. The van der Waals surface area contributed by atoms with Gasteiger partial charge in [0.15, 0.2) is 0 Å². The number of nitrogens with one attached hydrogen (secondary N) is 1. The molecule has 0 radical (unpaired) electrons. The summed E-state index contributed by atoms with van der Waals surface area (Å²) in [5.74, 6) is -0.759. The lowest BCUT2D eigenvalue weighted by atomic mass is 10.2. The molecule has 7 heteroatoms. The molecule has 1 N–H and O–H groups in total. The third kappa shape index (κ3) is 3.76. The number of imidazole rings is 1. The number of hydrogen-bond acceptors (Lipinski definition) is 4. The van der Waals surface area contributed by atoms with Gasteiger partial charge in [-0.05, 0) is 42.8 Å². The quantitative estimate of drug-likeness (QED) is 0.679.